The van der Waals surface area contributed by atoms with Crippen molar-refractivity contribution in [2.24, 2.45) is 0 Å². The lowest BCUT2D eigenvalue weighted by molar-refractivity contribution is 0.0331. The molecule has 1 aliphatic rings. The summed E-state index contributed by atoms with van der Waals surface area (Å²) in [5, 5.41) is 10.9. The SMILES string of the molecule is COCCCN(Cc1nc2sc3c(c2c(=O)[nH]1)CCCC3)CC(O)COC. The quantitative estimate of drug-likeness (QED) is 0.596. The average Bonchev–Trinajstić information content (AvgIpc) is 3.00. The third-order valence-electron chi connectivity index (χ3n) is 4.90. The number of methoxy groups -OCH3 is 2. The van der Waals surface area contributed by atoms with Gasteiger partial charge in [-0.25, -0.2) is 4.98 Å². The first-order chi connectivity index (χ1) is 13.1. The normalized spacial score (nSPS) is 15.4. The molecule has 1 aliphatic carbocycles. The number of rotatable bonds is 10. The smallest absolute Gasteiger partial charge is 0.259 e. The molecule has 0 saturated carbocycles. The Hall–Kier alpha value is -1.32. The summed E-state index contributed by atoms with van der Waals surface area (Å²) >= 11 is 1.66. The summed E-state index contributed by atoms with van der Waals surface area (Å²) in [4.78, 5) is 24.7. The number of nitrogens with one attached hydrogen (secondary N) is 1. The van der Waals surface area contributed by atoms with E-state index in [1.165, 1.54) is 16.9 Å². The summed E-state index contributed by atoms with van der Waals surface area (Å²) in [7, 11) is 3.25. The van der Waals surface area contributed by atoms with E-state index in [0.717, 1.165) is 42.4 Å². The molecule has 0 radical (unpaired) electrons. The third-order valence-corrected chi connectivity index (χ3v) is 6.08. The number of fused-ring (bicyclic) bond motifs is 3. The number of aliphatic hydroxyl groups excluding tert-OH is 1. The largest absolute Gasteiger partial charge is 0.389 e. The Morgan fingerprint density at radius 2 is 2.11 bits per heavy atom. The van der Waals surface area contributed by atoms with E-state index in [-0.39, 0.29) is 12.2 Å². The molecule has 1 unspecified atom stereocenters. The zero-order chi connectivity index (χ0) is 19.2. The number of aromatic nitrogens is 2. The highest BCUT2D eigenvalue weighted by Crippen LogP contribution is 2.33. The first-order valence-corrected chi connectivity index (χ1v) is 10.4. The lowest BCUT2D eigenvalue weighted by Crippen LogP contribution is -2.36. The van der Waals surface area contributed by atoms with Crippen LogP contribution in [-0.4, -0.2) is 66.6 Å². The Kier molecular flexibility index (Phi) is 7.37. The van der Waals surface area contributed by atoms with Gasteiger partial charge >= 0.3 is 0 Å². The summed E-state index contributed by atoms with van der Waals surface area (Å²) in [5.41, 5.74) is 1.16. The minimum Gasteiger partial charge on any atom is -0.389 e. The van der Waals surface area contributed by atoms with Crippen molar-refractivity contribution in [2.45, 2.75) is 44.8 Å². The molecule has 150 valence electrons. The standard InChI is InChI=1S/C19H29N3O4S/c1-25-9-5-8-22(10-13(23)12-26-2)11-16-20-18(24)17-14-6-3-4-7-15(14)27-19(17)21-16/h13,23H,3-12H2,1-2H3,(H,20,21,24). The van der Waals surface area contributed by atoms with E-state index in [0.29, 0.717) is 25.5 Å². The number of hydrogen-bond acceptors (Lipinski definition) is 7. The van der Waals surface area contributed by atoms with Crippen molar-refractivity contribution in [1.29, 1.82) is 0 Å². The molecule has 2 heterocycles. The molecule has 0 amide bonds. The molecular weight excluding hydrogens is 366 g/mol. The number of aromatic amines is 1. The molecule has 2 aromatic heterocycles. The zero-order valence-corrected chi connectivity index (χ0v) is 16.9. The van der Waals surface area contributed by atoms with Gasteiger partial charge in [-0.1, -0.05) is 0 Å². The lowest BCUT2D eigenvalue weighted by atomic mass is 9.97. The van der Waals surface area contributed by atoms with E-state index in [4.69, 9.17) is 14.5 Å². The second-order valence-corrected chi connectivity index (χ2v) is 8.18. The number of aliphatic hydroxyl groups is 1. The van der Waals surface area contributed by atoms with Gasteiger partial charge in [0.2, 0.25) is 0 Å². The molecule has 0 fully saturated rings. The van der Waals surface area contributed by atoms with Gasteiger partial charge in [-0.2, -0.15) is 0 Å². The first-order valence-electron chi connectivity index (χ1n) is 9.54. The molecule has 27 heavy (non-hydrogen) atoms. The van der Waals surface area contributed by atoms with Gasteiger partial charge in [0.1, 0.15) is 10.7 Å². The predicted molar refractivity (Wildman–Crippen MR) is 107 cm³/mol. The van der Waals surface area contributed by atoms with Gasteiger partial charge in [-0.05, 0) is 37.7 Å². The van der Waals surface area contributed by atoms with E-state index >= 15 is 0 Å². The molecule has 0 bridgehead atoms. The van der Waals surface area contributed by atoms with Gasteiger partial charge in [0.25, 0.3) is 5.56 Å². The maximum atomic E-state index is 12.7. The van der Waals surface area contributed by atoms with E-state index in [2.05, 4.69) is 9.88 Å². The van der Waals surface area contributed by atoms with Crippen LogP contribution in [0.2, 0.25) is 0 Å². The Morgan fingerprint density at radius 3 is 2.89 bits per heavy atom. The molecule has 0 saturated heterocycles. The molecule has 3 rings (SSSR count). The maximum absolute atomic E-state index is 12.7. The van der Waals surface area contributed by atoms with Crippen molar-refractivity contribution in [3.63, 3.8) is 0 Å². The molecule has 7 nitrogen and oxygen atoms in total. The Balaban J connectivity index is 1.79. The summed E-state index contributed by atoms with van der Waals surface area (Å²) in [6, 6.07) is 0. The molecule has 0 aromatic carbocycles. The van der Waals surface area contributed by atoms with Crippen molar-refractivity contribution >= 4 is 21.6 Å². The second-order valence-electron chi connectivity index (χ2n) is 7.09. The zero-order valence-electron chi connectivity index (χ0n) is 16.1. The lowest BCUT2D eigenvalue weighted by Gasteiger charge is -2.24. The van der Waals surface area contributed by atoms with Gasteiger partial charge in [0, 0.05) is 38.8 Å². The predicted octanol–water partition coefficient (Wildman–Crippen LogP) is 1.71. The van der Waals surface area contributed by atoms with Crippen molar-refractivity contribution in [2.75, 3.05) is 40.5 Å². The van der Waals surface area contributed by atoms with E-state index in [9.17, 15) is 9.90 Å². The highest BCUT2D eigenvalue weighted by molar-refractivity contribution is 7.18. The van der Waals surface area contributed by atoms with Crippen molar-refractivity contribution < 1.29 is 14.6 Å². The number of ether oxygens (including phenoxy) is 2. The molecular formula is C19H29N3O4S. The summed E-state index contributed by atoms with van der Waals surface area (Å²) in [6.07, 6.45) is 4.63. The van der Waals surface area contributed by atoms with Gasteiger partial charge < -0.3 is 19.6 Å². The summed E-state index contributed by atoms with van der Waals surface area (Å²) < 4.78 is 10.2. The highest BCUT2D eigenvalue weighted by atomic mass is 32.1. The van der Waals surface area contributed by atoms with Crippen LogP contribution in [0, 0.1) is 0 Å². The van der Waals surface area contributed by atoms with Crippen LogP contribution >= 0.6 is 11.3 Å². The Labute approximate surface area is 163 Å². The molecule has 2 N–H and O–H groups in total. The van der Waals surface area contributed by atoms with Gasteiger partial charge in [0.05, 0.1) is 24.6 Å². The van der Waals surface area contributed by atoms with Crippen LogP contribution in [0.1, 0.15) is 35.5 Å². The highest BCUT2D eigenvalue weighted by Gasteiger charge is 2.20. The average molecular weight is 396 g/mol. The topological polar surface area (TPSA) is 87.7 Å². The molecule has 1 atom stereocenters. The fourth-order valence-corrected chi connectivity index (χ4v) is 4.99. The number of aryl methyl sites for hydroxylation is 2. The van der Waals surface area contributed by atoms with E-state index < -0.39 is 6.10 Å². The van der Waals surface area contributed by atoms with Gasteiger partial charge in [0.15, 0.2) is 0 Å². The van der Waals surface area contributed by atoms with Crippen LogP contribution in [-0.2, 0) is 28.9 Å². The first kappa shape index (κ1) is 20.4. The van der Waals surface area contributed by atoms with Crippen LogP contribution in [0.4, 0.5) is 0 Å². The van der Waals surface area contributed by atoms with E-state index in [1.54, 1.807) is 25.6 Å². The minimum atomic E-state index is -0.581. The van der Waals surface area contributed by atoms with Crippen LogP contribution in [0.3, 0.4) is 0 Å². The fraction of sp³-hybridized carbons (Fsp3) is 0.684. The number of H-pyrrole nitrogens is 1. The van der Waals surface area contributed by atoms with Crippen LogP contribution in [0.15, 0.2) is 4.79 Å². The summed E-state index contributed by atoms with van der Waals surface area (Å²) in [6.45, 7) is 2.62. The minimum absolute atomic E-state index is 0.0383. The molecule has 0 aliphatic heterocycles. The fourth-order valence-electron chi connectivity index (χ4n) is 3.71. The van der Waals surface area contributed by atoms with Gasteiger partial charge in [-0.3, -0.25) is 9.69 Å². The van der Waals surface area contributed by atoms with Crippen LogP contribution < -0.4 is 5.56 Å². The summed E-state index contributed by atoms with van der Waals surface area (Å²) in [5.74, 6) is 0.646. The molecule has 0 spiro atoms. The van der Waals surface area contributed by atoms with E-state index in [1.807, 2.05) is 0 Å². The molecule has 8 heteroatoms. The van der Waals surface area contributed by atoms with Crippen LogP contribution in [0.25, 0.3) is 10.2 Å². The van der Waals surface area contributed by atoms with Crippen molar-refractivity contribution in [3.8, 4) is 0 Å². The maximum Gasteiger partial charge on any atom is 0.259 e. The van der Waals surface area contributed by atoms with Crippen molar-refractivity contribution in [1.82, 2.24) is 14.9 Å². The van der Waals surface area contributed by atoms with Crippen molar-refractivity contribution in [3.05, 3.63) is 26.6 Å². The number of hydrogen-bond donors (Lipinski definition) is 2. The Bertz CT molecular complexity index is 804. The van der Waals surface area contributed by atoms with Gasteiger partial charge in [-0.15, -0.1) is 11.3 Å². The third kappa shape index (κ3) is 5.14. The molecule has 2 aromatic rings. The monoisotopic (exact) mass is 395 g/mol. The second kappa shape index (κ2) is 9.75. The number of thiophene rings is 1. The van der Waals surface area contributed by atoms with Crippen LogP contribution in [0.5, 0.6) is 0 Å². The Morgan fingerprint density at radius 1 is 1.30 bits per heavy atom. The number of nitrogens with zero attached hydrogens (tertiary/aromatic N) is 2.